The van der Waals surface area contributed by atoms with E-state index in [-0.39, 0.29) is 11.6 Å². The van der Waals surface area contributed by atoms with Crippen LogP contribution in [-0.2, 0) is 0 Å². The van der Waals surface area contributed by atoms with Gasteiger partial charge in [0, 0.05) is 30.3 Å². The Morgan fingerprint density at radius 2 is 1.89 bits per heavy atom. The maximum atomic E-state index is 12.7. The van der Waals surface area contributed by atoms with Crippen LogP contribution in [-0.4, -0.2) is 72.1 Å². The molecular formula is C20H23N3O4. The summed E-state index contributed by atoms with van der Waals surface area (Å²) in [5.41, 5.74) is 1.67. The quantitative estimate of drug-likeness (QED) is 0.870. The molecule has 7 nitrogen and oxygen atoms in total. The first-order valence-electron chi connectivity index (χ1n) is 8.75. The normalized spacial score (nSPS) is 16.6. The molecule has 1 aliphatic rings. The molecule has 142 valence electrons. The summed E-state index contributed by atoms with van der Waals surface area (Å²) < 4.78 is 5.29. The van der Waals surface area contributed by atoms with E-state index in [1.165, 1.54) is 13.2 Å². The van der Waals surface area contributed by atoms with Crippen LogP contribution in [0.3, 0.4) is 0 Å². The fourth-order valence-corrected chi connectivity index (χ4v) is 3.24. The van der Waals surface area contributed by atoms with E-state index < -0.39 is 5.97 Å². The smallest absolute Gasteiger partial charge is 0.354 e. The first kappa shape index (κ1) is 18.8. The third-order valence-corrected chi connectivity index (χ3v) is 4.88. The summed E-state index contributed by atoms with van der Waals surface area (Å²) in [6.45, 7) is 1.48. The molecule has 1 amide bonds. The highest BCUT2D eigenvalue weighted by Gasteiger charge is 2.28. The van der Waals surface area contributed by atoms with Gasteiger partial charge in [-0.1, -0.05) is 12.1 Å². The van der Waals surface area contributed by atoms with Gasteiger partial charge in [-0.25, -0.2) is 9.78 Å². The predicted octanol–water partition coefficient (Wildman–Crippen LogP) is 2.23. The minimum atomic E-state index is -1.10. The standard InChI is InChI=1S/C20H23N3O4/c1-22(2)15-10-11-23(12-15)19(24)14-6-4-13(5-7-14)18-17(27-3)9-8-16(21-18)20(25)26/h4-9,15H,10-12H2,1-3H3,(H,25,26)/t15-/m1/s1. The lowest BCUT2D eigenvalue weighted by Crippen LogP contribution is -2.34. The zero-order chi connectivity index (χ0) is 19.6. The molecule has 0 radical (unpaired) electrons. The number of methoxy groups -OCH3 is 1. The minimum absolute atomic E-state index is 0.00473. The number of ether oxygens (including phenoxy) is 1. The molecule has 0 spiro atoms. The lowest BCUT2D eigenvalue weighted by molar-refractivity contribution is 0.0689. The average Bonchev–Trinajstić information content (AvgIpc) is 3.17. The summed E-state index contributed by atoms with van der Waals surface area (Å²) in [6.07, 6.45) is 0.972. The Balaban J connectivity index is 1.83. The molecule has 1 aromatic carbocycles. The van der Waals surface area contributed by atoms with Crippen LogP contribution in [0.15, 0.2) is 36.4 Å². The molecule has 1 fully saturated rings. The van der Waals surface area contributed by atoms with Crippen LogP contribution in [0.25, 0.3) is 11.3 Å². The molecule has 0 bridgehead atoms. The fraction of sp³-hybridized carbons (Fsp3) is 0.350. The van der Waals surface area contributed by atoms with Crippen LogP contribution in [0, 0.1) is 0 Å². The van der Waals surface area contributed by atoms with Crippen molar-refractivity contribution in [2.75, 3.05) is 34.3 Å². The lowest BCUT2D eigenvalue weighted by Gasteiger charge is -2.20. The van der Waals surface area contributed by atoms with Crippen molar-refractivity contribution < 1.29 is 19.4 Å². The number of nitrogens with zero attached hydrogens (tertiary/aromatic N) is 3. The molecule has 0 aliphatic carbocycles. The van der Waals surface area contributed by atoms with Gasteiger partial charge in [-0.05, 0) is 44.8 Å². The van der Waals surface area contributed by atoms with Crippen molar-refractivity contribution in [2.24, 2.45) is 0 Å². The zero-order valence-corrected chi connectivity index (χ0v) is 15.7. The van der Waals surface area contributed by atoms with Crippen molar-refractivity contribution in [3.05, 3.63) is 47.7 Å². The Hall–Kier alpha value is -2.93. The summed E-state index contributed by atoms with van der Waals surface area (Å²) in [5.74, 6) is -0.618. The second-order valence-corrected chi connectivity index (χ2v) is 6.79. The maximum absolute atomic E-state index is 12.7. The SMILES string of the molecule is COc1ccc(C(=O)O)nc1-c1ccc(C(=O)N2CC[C@@H](N(C)C)C2)cc1. The number of pyridine rings is 1. The van der Waals surface area contributed by atoms with Crippen LogP contribution in [0.4, 0.5) is 0 Å². The number of carboxylic acid groups (broad SMARTS) is 1. The van der Waals surface area contributed by atoms with E-state index in [1.807, 2.05) is 19.0 Å². The number of amides is 1. The number of benzene rings is 1. The molecule has 0 unspecified atom stereocenters. The van der Waals surface area contributed by atoms with Crippen LogP contribution in [0.1, 0.15) is 27.3 Å². The molecule has 7 heteroatoms. The van der Waals surface area contributed by atoms with E-state index in [0.717, 1.165) is 19.5 Å². The number of carbonyl (C=O) groups is 2. The van der Waals surface area contributed by atoms with E-state index in [1.54, 1.807) is 30.3 Å². The second kappa shape index (κ2) is 7.75. The van der Waals surface area contributed by atoms with Crippen molar-refractivity contribution in [3.8, 4) is 17.0 Å². The maximum Gasteiger partial charge on any atom is 0.354 e. The van der Waals surface area contributed by atoms with Crippen LogP contribution < -0.4 is 4.74 Å². The number of carboxylic acids is 1. The molecule has 1 saturated heterocycles. The highest BCUT2D eigenvalue weighted by Crippen LogP contribution is 2.29. The summed E-state index contributed by atoms with van der Waals surface area (Å²) in [4.78, 5) is 32.1. The summed E-state index contributed by atoms with van der Waals surface area (Å²) in [6, 6.07) is 10.4. The van der Waals surface area contributed by atoms with Crippen molar-refractivity contribution >= 4 is 11.9 Å². The number of aromatic carboxylic acids is 1. The number of likely N-dealkylation sites (tertiary alicyclic amines) is 1. The molecule has 1 aliphatic heterocycles. The van der Waals surface area contributed by atoms with Gasteiger partial charge in [0.2, 0.25) is 0 Å². The molecular weight excluding hydrogens is 346 g/mol. The monoisotopic (exact) mass is 369 g/mol. The van der Waals surface area contributed by atoms with E-state index in [4.69, 9.17) is 9.84 Å². The summed E-state index contributed by atoms with van der Waals surface area (Å²) in [7, 11) is 5.56. The number of hydrogen-bond acceptors (Lipinski definition) is 5. The first-order chi connectivity index (χ1) is 12.9. The minimum Gasteiger partial charge on any atom is -0.494 e. The lowest BCUT2D eigenvalue weighted by atomic mass is 10.1. The number of hydrogen-bond donors (Lipinski definition) is 1. The number of likely N-dealkylation sites (N-methyl/N-ethyl adjacent to an activating group) is 1. The van der Waals surface area contributed by atoms with Gasteiger partial charge in [0.1, 0.15) is 17.1 Å². The molecule has 1 N–H and O–H groups in total. The van der Waals surface area contributed by atoms with E-state index in [9.17, 15) is 9.59 Å². The van der Waals surface area contributed by atoms with Crippen molar-refractivity contribution in [2.45, 2.75) is 12.5 Å². The molecule has 2 heterocycles. The van der Waals surface area contributed by atoms with Gasteiger partial charge in [-0.15, -0.1) is 0 Å². The fourth-order valence-electron chi connectivity index (χ4n) is 3.24. The van der Waals surface area contributed by atoms with Crippen LogP contribution >= 0.6 is 0 Å². The van der Waals surface area contributed by atoms with E-state index >= 15 is 0 Å². The number of aromatic nitrogens is 1. The Morgan fingerprint density at radius 1 is 1.19 bits per heavy atom. The Kier molecular flexibility index (Phi) is 5.41. The molecule has 3 rings (SSSR count). The van der Waals surface area contributed by atoms with Gasteiger partial charge in [-0.2, -0.15) is 0 Å². The van der Waals surface area contributed by atoms with Crippen molar-refractivity contribution in [3.63, 3.8) is 0 Å². The van der Waals surface area contributed by atoms with Crippen LogP contribution in [0.5, 0.6) is 5.75 Å². The first-order valence-corrected chi connectivity index (χ1v) is 8.75. The Labute approximate surface area is 158 Å². The summed E-state index contributed by atoms with van der Waals surface area (Å²) >= 11 is 0. The molecule has 0 saturated carbocycles. The van der Waals surface area contributed by atoms with E-state index in [2.05, 4.69) is 9.88 Å². The Morgan fingerprint density at radius 3 is 2.44 bits per heavy atom. The highest BCUT2D eigenvalue weighted by atomic mass is 16.5. The number of rotatable bonds is 5. The van der Waals surface area contributed by atoms with Crippen molar-refractivity contribution in [1.29, 1.82) is 0 Å². The van der Waals surface area contributed by atoms with Gasteiger partial charge in [0.25, 0.3) is 5.91 Å². The van der Waals surface area contributed by atoms with Gasteiger partial charge < -0.3 is 19.6 Å². The molecule has 2 aromatic rings. The molecule has 27 heavy (non-hydrogen) atoms. The molecule has 1 atom stereocenters. The zero-order valence-electron chi connectivity index (χ0n) is 15.7. The number of carbonyl (C=O) groups excluding carboxylic acids is 1. The van der Waals surface area contributed by atoms with Gasteiger partial charge >= 0.3 is 5.97 Å². The topological polar surface area (TPSA) is 83.0 Å². The third kappa shape index (κ3) is 3.93. The van der Waals surface area contributed by atoms with Gasteiger partial charge in [-0.3, -0.25) is 4.79 Å². The van der Waals surface area contributed by atoms with Gasteiger partial charge in [0.05, 0.1) is 7.11 Å². The third-order valence-electron chi connectivity index (χ3n) is 4.88. The highest BCUT2D eigenvalue weighted by molar-refractivity contribution is 5.95. The largest absolute Gasteiger partial charge is 0.494 e. The van der Waals surface area contributed by atoms with Crippen molar-refractivity contribution in [1.82, 2.24) is 14.8 Å². The average molecular weight is 369 g/mol. The second-order valence-electron chi connectivity index (χ2n) is 6.79. The van der Waals surface area contributed by atoms with Gasteiger partial charge in [0.15, 0.2) is 0 Å². The van der Waals surface area contributed by atoms with E-state index in [0.29, 0.717) is 28.6 Å². The Bertz CT molecular complexity index is 849. The molecule has 1 aromatic heterocycles. The summed E-state index contributed by atoms with van der Waals surface area (Å²) in [5, 5.41) is 9.16. The predicted molar refractivity (Wildman–Crippen MR) is 101 cm³/mol. The van der Waals surface area contributed by atoms with Crippen LogP contribution in [0.2, 0.25) is 0 Å².